The third-order valence-electron chi connectivity index (χ3n) is 6.74. The maximum Gasteiger partial charge on any atom is 0.0988 e. The van der Waals surface area contributed by atoms with Gasteiger partial charge in [0.05, 0.1) is 21.8 Å². The number of benzene rings is 2. The Labute approximate surface area is 207 Å². The number of likely N-dealkylation sites (N-methyl/N-ethyl adjacent to an activating group) is 1. The van der Waals surface area contributed by atoms with Crippen molar-refractivity contribution in [3.05, 3.63) is 81.9 Å². The van der Waals surface area contributed by atoms with Crippen LogP contribution >= 0.6 is 23.5 Å². The smallest absolute Gasteiger partial charge is 0.0988 e. The lowest BCUT2D eigenvalue weighted by atomic mass is 9.75. The molecule has 0 saturated heterocycles. The van der Waals surface area contributed by atoms with Crippen molar-refractivity contribution in [2.75, 3.05) is 23.4 Å². The van der Waals surface area contributed by atoms with Crippen LogP contribution in [0.5, 0.6) is 0 Å². The molecule has 0 bridgehead atoms. The van der Waals surface area contributed by atoms with Crippen LogP contribution in [0.3, 0.4) is 0 Å². The van der Waals surface area contributed by atoms with Gasteiger partial charge in [-0.3, -0.25) is 0 Å². The average Bonchev–Trinajstić information content (AvgIpc) is 3.22. The van der Waals surface area contributed by atoms with Crippen LogP contribution in [0.25, 0.3) is 0 Å². The van der Waals surface area contributed by atoms with E-state index in [-0.39, 0.29) is 5.41 Å². The van der Waals surface area contributed by atoms with Gasteiger partial charge in [-0.05, 0) is 97.7 Å². The van der Waals surface area contributed by atoms with Crippen molar-refractivity contribution in [1.29, 1.82) is 0 Å². The van der Waals surface area contributed by atoms with Crippen molar-refractivity contribution in [2.45, 2.75) is 62.6 Å². The van der Waals surface area contributed by atoms with Crippen molar-refractivity contribution >= 4 is 34.9 Å². The number of fused-ring (bicyclic) bond motifs is 2. The Morgan fingerprint density at radius 2 is 1.70 bits per heavy atom. The zero-order valence-electron chi connectivity index (χ0n) is 20.6. The Kier molecular flexibility index (Phi) is 5.95. The molecule has 5 rings (SSSR count). The fourth-order valence-electron chi connectivity index (χ4n) is 5.21. The molecule has 0 aromatic heterocycles. The molecular weight excluding hydrogens is 440 g/mol. The fraction of sp³-hybridized carbons (Fsp3) is 0.379. The Morgan fingerprint density at radius 1 is 1.00 bits per heavy atom. The molecule has 172 valence electrons. The first-order valence-electron chi connectivity index (χ1n) is 11.9. The zero-order valence-corrected chi connectivity index (χ0v) is 22.2. The summed E-state index contributed by atoms with van der Waals surface area (Å²) in [4.78, 5) is 7.66. The van der Waals surface area contributed by atoms with E-state index < -0.39 is 0 Å². The van der Waals surface area contributed by atoms with Crippen LogP contribution in [0.1, 0.15) is 44.7 Å². The maximum atomic E-state index is 2.54. The summed E-state index contributed by atoms with van der Waals surface area (Å²) in [5.74, 6) is 0. The van der Waals surface area contributed by atoms with E-state index >= 15 is 0 Å². The van der Waals surface area contributed by atoms with E-state index in [1.54, 1.807) is 0 Å². The highest BCUT2D eigenvalue weighted by Gasteiger charge is 2.31. The Hall–Kier alpha value is -2.04. The Balaban J connectivity index is 1.45. The van der Waals surface area contributed by atoms with Crippen molar-refractivity contribution < 1.29 is 0 Å². The highest BCUT2D eigenvalue weighted by atomic mass is 32.2. The lowest BCUT2D eigenvalue weighted by Gasteiger charge is -2.32. The first-order chi connectivity index (χ1) is 15.7. The summed E-state index contributed by atoms with van der Waals surface area (Å²) >= 11 is 3.89. The molecule has 2 aromatic carbocycles. The first-order valence-corrected chi connectivity index (χ1v) is 13.6. The van der Waals surface area contributed by atoms with Gasteiger partial charge in [0, 0.05) is 23.4 Å². The molecule has 3 aliphatic rings. The number of rotatable bonds is 3. The zero-order chi connectivity index (χ0) is 23.3. The van der Waals surface area contributed by atoms with Crippen molar-refractivity contribution in [2.24, 2.45) is 5.41 Å². The normalized spacial score (nSPS) is 23.8. The number of hydrogen-bond acceptors (Lipinski definition) is 4. The molecule has 0 N–H and O–H groups in total. The molecule has 0 radical (unpaired) electrons. The van der Waals surface area contributed by atoms with E-state index in [2.05, 4.69) is 106 Å². The number of anilines is 2. The molecule has 0 spiro atoms. The molecule has 0 fully saturated rings. The van der Waals surface area contributed by atoms with E-state index in [4.69, 9.17) is 0 Å². The largest absolute Gasteiger partial charge is 0.355 e. The molecule has 2 nitrogen and oxygen atoms in total. The predicted octanol–water partition coefficient (Wildman–Crippen LogP) is 8.32. The lowest BCUT2D eigenvalue weighted by molar-refractivity contribution is 0.354. The minimum atomic E-state index is 0.266. The van der Waals surface area contributed by atoms with Crippen LogP contribution in [0.15, 0.2) is 80.6 Å². The van der Waals surface area contributed by atoms with Crippen molar-refractivity contribution in [3.8, 4) is 0 Å². The second-order valence-electron chi connectivity index (χ2n) is 10.4. The monoisotopic (exact) mass is 474 g/mol. The van der Waals surface area contributed by atoms with Crippen LogP contribution in [-0.2, 0) is 0 Å². The van der Waals surface area contributed by atoms with Crippen molar-refractivity contribution in [3.63, 3.8) is 0 Å². The van der Waals surface area contributed by atoms with Gasteiger partial charge in [0.2, 0.25) is 0 Å². The van der Waals surface area contributed by atoms with Gasteiger partial charge in [0.1, 0.15) is 0 Å². The number of nitrogens with zero attached hydrogens (tertiary/aromatic N) is 2. The molecule has 1 unspecified atom stereocenters. The molecule has 1 atom stereocenters. The van der Waals surface area contributed by atoms with E-state index in [1.807, 2.05) is 23.5 Å². The summed E-state index contributed by atoms with van der Waals surface area (Å²) in [6, 6.07) is 13.6. The first kappa shape index (κ1) is 22.7. The topological polar surface area (TPSA) is 6.48 Å². The van der Waals surface area contributed by atoms with Gasteiger partial charge in [-0.15, -0.1) is 0 Å². The highest BCUT2D eigenvalue weighted by molar-refractivity contribution is 8.03. The van der Waals surface area contributed by atoms with Gasteiger partial charge in [-0.2, -0.15) is 0 Å². The van der Waals surface area contributed by atoms with E-state index in [0.717, 1.165) is 19.4 Å². The summed E-state index contributed by atoms with van der Waals surface area (Å²) in [6.45, 7) is 12.5. The molecule has 0 amide bonds. The molecule has 4 heteroatoms. The van der Waals surface area contributed by atoms with Crippen LogP contribution < -0.4 is 9.80 Å². The van der Waals surface area contributed by atoms with Gasteiger partial charge < -0.3 is 9.80 Å². The van der Waals surface area contributed by atoms with Gasteiger partial charge in [-0.25, -0.2) is 0 Å². The molecule has 0 saturated carbocycles. The van der Waals surface area contributed by atoms with E-state index in [1.165, 1.54) is 48.5 Å². The predicted molar refractivity (Wildman–Crippen MR) is 147 cm³/mol. The standard InChI is InChI=1S/C29H34N2S2/c1-7-31-24-11-9-20(3)13-26(24)33-28(31)16-22-14-21(17-29(4,5)18-22)15-27-30(6)23-10-8-19(2)12-25(23)32-27/h8-16,28H,7,17-18H2,1-6H3/b22-16?,27-15-. The molecule has 2 aromatic rings. The van der Waals surface area contributed by atoms with Gasteiger partial charge >= 0.3 is 0 Å². The minimum absolute atomic E-state index is 0.266. The van der Waals surface area contributed by atoms with Crippen LogP contribution in [0, 0.1) is 19.3 Å². The summed E-state index contributed by atoms with van der Waals surface area (Å²) in [6.07, 6.45) is 9.65. The SMILES string of the molecule is CCN1c2ccc(C)cc2SC1C=C1C=C(/C=C2\Sc3cc(C)ccc3N2C)CC(C)(C)C1. The number of hydrogen-bond donors (Lipinski definition) is 0. The summed E-state index contributed by atoms with van der Waals surface area (Å²) in [5.41, 5.74) is 8.54. The van der Waals surface area contributed by atoms with E-state index in [0.29, 0.717) is 5.37 Å². The summed E-state index contributed by atoms with van der Waals surface area (Å²) < 4.78 is 0. The van der Waals surface area contributed by atoms with Gasteiger partial charge in [-0.1, -0.05) is 55.6 Å². The van der Waals surface area contributed by atoms with Gasteiger partial charge in [0.15, 0.2) is 0 Å². The number of allylic oxidation sites excluding steroid dienone is 4. The number of aryl methyl sites for hydroxylation is 2. The Bertz CT molecular complexity index is 1190. The molecular formula is C29H34N2S2. The third-order valence-corrected chi connectivity index (χ3v) is 9.10. The van der Waals surface area contributed by atoms with Crippen LogP contribution in [0.4, 0.5) is 11.4 Å². The second-order valence-corrected chi connectivity index (χ2v) is 12.6. The molecule has 33 heavy (non-hydrogen) atoms. The Morgan fingerprint density at radius 3 is 2.42 bits per heavy atom. The molecule has 1 aliphatic carbocycles. The lowest BCUT2D eigenvalue weighted by Crippen LogP contribution is -2.28. The average molecular weight is 475 g/mol. The summed E-state index contributed by atoms with van der Waals surface area (Å²) in [5, 5.41) is 1.70. The molecule has 2 aliphatic heterocycles. The van der Waals surface area contributed by atoms with Crippen LogP contribution in [-0.4, -0.2) is 19.0 Å². The third kappa shape index (κ3) is 4.52. The molecule has 2 heterocycles. The second kappa shape index (κ2) is 8.63. The quantitative estimate of drug-likeness (QED) is 0.441. The minimum Gasteiger partial charge on any atom is -0.355 e. The fourth-order valence-corrected chi connectivity index (χ4v) is 7.89. The maximum absolute atomic E-state index is 2.54. The highest BCUT2D eigenvalue weighted by Crippen LogP contribution is 2.48. The van der Waals surface area contributed by atoms with Gasteiger partial charge in [0.25, 0.3) is 0 Å². The van der Waals surface area contributed by atoms with Crippen molar-refractivity contribution in [1.82, 2.24) is 0 Å². The number of thioether (sulfide) groups is 2. The van der Waals surface area contributed by atoms with Crippen LogP contribution in [0.2, 0.25) is 0 Å². The summed E-state index contributed by atoms with van der Waals surface area (Å²) in [7, 11) is 2.19. The van der Waals surface area contributed by atoms with E-state index in [9.17, 15) is 0 Å².